The second kappa shape index (κ2) is 8.80. The number of rotatable bonds is 7. The summed E-state index contributed by atoms with van der Waals surface area (Å²) in [6, 6.07) is 7.79. The zero-order chi connectivity index (χ0) is 18.4. The van der Waals surface area contributed by atoms with Gasteiger partial charge in [0, 0.05) is 44.6 Å². The summed E-state index contributed by atoms with van der Waals surface area (Å²) in [5, 5.41) is 11.5. The molecule has 2 heterocycles. The molecule has 0 bridgehead atoms. The molecular formula is C19H28N6O. The minimum absolute atomic E-state index is 0.119. The first kappa shape index (κ1) is 18.4. The number of para-hydroxylation sites is 1. The Morgan fingerprint density at radius 3 is 2.77 bits per heavy atom. The molecule has 1 aromatic heterocycles. The van der Waals surface area contributed by atoms with E-state index in [1.807, 2.05) is 40.0 Å². The summed E-state index contributed by atoms with van der Waals surface area (Å²) >= 11 is 0. The summed E-state index contributed by atoms with van der Waals surface area (Å²) in [6.45, 7) is 5.80. The number of carbonyl (C=O) groups is 1. The molecule has 3 N–H and O–H groups in total. The van der Waals surface area contributed by atoms with E-state index in [2.05, 4.69) is 22.6 Å². The second-order valence-electron chi connectivity index (χ2n) is 6.84. The highest BCUT2D eigenvalue weighted by molar-refractivity contribution is 5.99. The topological polar surface area (TPSA) is 89.1 Å². The molecule has 0 aliphatic carbocycles. The fourth-order valence-corrected chi connectivity index (χ4v) is 3.36. The SMILES string of the molecule is CCCNc1ccccc1C(=O)N1CCC(Cn2cc(CN)nn2)CC1. The van der Waals surface area contributed by atoms with Crippen molar-refractivity contribution in [2.24, 2.45) is 11.7 Å². The van der Waals surface area contributed by atoms with Crippen molar-refractivity contribution >= 4 is 11.6 Å². The number of hydrogen-bond donors (Lipinski definition) is 2. The Kier molecular flexibility index (Phi) is 6.22. The predicted molar refractivity (Wildman–Crippen MR) is 102 cm³/mol. The number of likely N-dealkylation sites (tertiary alicyclic amines) is 1. The van der Waals surface area contributed by atoms with Gasteiger partial charge in [-0.2, -0.15) is 0 Å². The molecule has 7 nitrogen and oxygen atoms in total. The summed E-state index contributed by atoms with van der Waals surface area (Å²) in [5.41, 5.74) is 8.09. The highest BCUT2D eigenvalue weighted by Gasteiger charge is 2.25. The van der Waals surface area contributed by atoms with E-state index < -0.39 is 0 Å². The van der Waals surface area contributed by atoms with Crippen LogP contribution in [0.4, 0.5) is 5.69 Å². The molecule has 0 radical (unpaired) electrons. The van der Waals surface area contributed by atoms with Crippen LogP contribution >= 0.6 is 0 Å². The van der Waals surface area contributed by atoms with E-state index in [-0.39, 0.29) is 5.91 Å². The molecular weight excluding hydrogens is 328 g/mol. The van der Waals surface area contributed by atoms with Gasteiger partial charge in [-0.3, -0.25) is 9.48 Å². The smallest absolute Gasteiger partial charge is 0.255 e. The average Bonchev–Trinajstić information content (AvgIpc) is 3.14. The Bertz CT molecular complexity index is 720. The maximum Gasteiger partial charge on any atom is 0.255 e. The number of anilines is 1. The normalized spacial score (nSPS) is 15.2. The van der Waals surface area contributed by atoms with Crippen molar-refractivity contribution < 1.29 is 4.79 Å². The van der Waals surface area contributed by atoms with Gasteiger partial charge in [0.15, 0.2) is 0 Å². The minimum Gasteiger partial charge on any atom is -0.384 e. The molecule has 1 aliphatic rings. The first-order valence-electron chi connectivity index (χ1n) is 9.42. The first-order valence-corrected chi connectivity index (χ1v) is 9.42. The molecule has 1 aliphatic heterocycles. The zero-order valence-corrected chi connectivity index (χ0v) is 15.4. The molecule has 2 aromatic rings. The van der Waals surface area contributed by atoms with Crippen molar-refractivity contribution in [3.63, 3.8) is 0 Å². The van der Waals surface area contributed by atoms with Gasteiger partial charge >= 0.3 is 0 Å². The standard InChI is InChI=1S/C19H28N6O/c1-2-9-21-18-6-4-3-5-17(18)19(26)24-10-7-15(8-11-24)13-25-14-16(12-20)22-23-25/h3-6,14-15,21H,2,7-13,20H2,1H3. The molecule has 1 aromatic carbocycles. The van der Waals surface area contributed by atoms with Gasteiger partial charge < -0.3 is 16.0 Å². The van der Waals surface area contributed by atoms with Gasteiger partial charge in [-0.25, -0.2) is 0 Å². The highest BCUT2D eigenvalue weighted by atomic mass is 16.2. The predicted octanol–water partition coefficient (Wildman–Crippen LogP) is 2.11. The maximum absolute atomic E-state index is 12.9. The third-order valence-corrected chi connectivity index (χ3v) is 4.87. The van der Waals surface area contributed by atoms with Gasteiger partial charge in [0.2, 0.25) is 0 Å². The van der Waals surface area contributed by atoms with Crippen LogP contribution in [-0.4, -0.2) is 45.4 Å². The first-order chi connectivity index (χ1) is 12.7. The fraction of sp³-hybridized carbons (Fsp3) is 0.526. The number of nitrogens with two attached hydrogens (primary N) is 1. The van der Waals surface area contributed by atoms with E-state index in [0.717, 1.165) is 62.4 Å². The lowest BCUT2D eigenvalue weighted by Crippen LogP contribution is -2.39. The number of nitrogens with one attached hydrogen (secondary N) is 1. The van der Waals surface area contributed by atoms with Gasteiger partial charge in [-0.1, -0.05) is 24.3 Å². The Hall–Kier alpha value is -2.41. The molecule has 26 heavy (non-hydrogen) atoms. The van der Waals surface area contributed by atoms with Crippen LogP contribution < -0.4 is 11.1 Å². The third kappa shape index (κ3) is 4.40. The van der Waals surface area contributed by atoms with Crippen LogP contribution in [0.25, 0.3) is 0 Å². The van der Waals surface area contributed by atoms with Gasteiger partial charge in [-0.15, -0.1) is 5.10 Å². The Morgan fingerprint density at radius 1 is 1.31 bits per heavy atom. The number of hydrogen-bond acceptors (Lipinski definition) is 5. The van der Waals surface area contributed by atoms with Crippen LogP contribution in [0.1, 0.15) is 42.2 Å². The average molecular weight is 356 g/mol. The Labute approximate surface area is 154 Å². The van der Waals surface area contributed by atoms with Gasteiger partial charge in [0.1, 0.15) is 0 Å². The molecule has 0 spiro atoms. The van der Waals surface area contributed by atoms with Crippen LogP contribution in [0.2, 0.25) is 0 Å². The molecule has 0 unspecified atom stereocenters. The van der Waals surface area contributed by atoms with Crippen molar-refractivity contribution in [2.75, 3.05) is 25.0 Å². The van der Waals surface area contributed by atoms with Crippen LogP contribution in [0.5, 0.6) is 0 Å². The van der Waals surface area contributed by atoms with Crippen LogP contribution in [0.15, 0.2) is 30.5 Å². The van der Waals surface area contributed by atoms with Crippen molar-refractivity contribution in [3.05, 3.63) is 41.7 Å². The van der Waals surface area contributed by atoms with Crippen molar-refractivity contribution in [1.29, 1.82) is 0 Å². The van der Waals surface area contributed by atoms with Crippen molar-refractivity contribution in [1.82, 2.24) is 19.9 Å². The van der Waals surface area contributed by atoms with Crippen LogP contribution in [0, 0.1) is 5.92 Å². The van der Waals surface area contributed by atoms with E-state index in [9.17, 15) is 4.79 Å². The molecule has 140 valence electrons. The summed E-state index contributed by atoms with van der Waals surface area (Å²) in [5.74, 6) is 0.633. The van der Waals surface area contributed by atoms with E-state index in [1.54, 1.807) is 0 Å². The molecule has 3 rings (SSSR count). The van der Waals surface area contributed by atoms with E-state index >= 15 is 0 Å². The Balaban J connectivity index is 1.57. The van der Waals surface area contributed by atoms with E-state index in [0.29, 0.717) is 12.5 Å². The summed E-state index contributed by atoms with van der Waals surface area (Å²) in [4.78, 5) is 14.9. The minimum atomic E-state index is 0.119. The number of amides is 1. The van der Waals surface area contributed by atoms with E-state index in [1.165, 1.54) is 0 Å². The third-order valence-electron chi connectivity index (χ3n) is 4.87. The zero-order valence-electron chi connectivity index (χ0n) is 15.4. The monoisotopic (exact) mass is 356 g/mol. The lowest BCUT2D eigenvalue weighted by atomic mass is 9.96. The van der Waals surface area contributed by atoms with Crippen LogP contribution in [0.3, 0.4) is 0 Å². The summed E-state index contributed by atoms with van der Waals surface area (Å²) in [6.07, 6.45) is 4.90. The molecule has 1 amide bonds. The largest absolute Gasteiger partial charge is 0.384 e. The van der Waals surface area contributed by atoms with Crippen molar-refractivity contribution in [3.8, 4) is 0 Å². The van der Waals surface area contributed by atoms with Crippen LogP contribution in [-0.2, 0) is 13.1 Å². The van der Waals surface area contributed by atoms with Gasteiger partial charge in [0.25, 0.3) is 5.91 Å². The number of aromatic nitrogens is 3. The highest BCUT2D eigenvalue weighted by Crippen LogP contribution is 2.23. The number of benzene rings is 1. The second-order valence-corrected chi connectivity index (χ2v) is 6.84. The number of piperidine rings is 1. The number of nitrogens with zero attached hydrogens (tertiary/aromatic N) is 4. The molecule has 7 heteroatoms. The molecule has 0 saturated carbocycles. The molecule has 1 fully saturated rings. The Morgan fingerprint density at radius 2 is 2.08 bits per heavy atom. The molecule has 0 atom stereocenters. The summed E-state index contributed by atoms with van der Waals surface area (Å²) in [7, 11) is 0. The number of carbonyl (C=O) groups excluding carboxylic acids is 1. The van der Waals surface area contributed by atoms with Gasteiger partial charge in [0.05, 0.1) is 11.3 Å². The maximum atomic E-state index is 12.9. The molecule has 1 saturated heterocycles. The van der Waals surface area contributed by atoms with Gasteiger partial charge in [-0.05, 0) is 37.3 Å². The van der Waals surface area contributed by atoms with Crippen molar-refractivity contribution in [2.45, 2.75) is 39.3 Å². The fourth-order valence-electron chi connectivity index (χ4n) is 3.36. The lowest BCUT2D eigenvalue weighted by molar-refractivity contribution is 0.0682. The summed E-state index contributed by atoms with van der Waals surface area (Å²) < 4.78 is 1.87. The van der Waals surface area contributed by atoms with E-state index in [4.69, 9.17) is 5.73 Å². The lowest BCUT2D eigenvalue weighted by Gasteiger charge is -2.32. The quantitative estimate of drug-likeness (QED) is 0.793.